The molecule has 0 unspecified atom stereocenters. The fraction of sp³-hybridized carbons (Fsp3) is 0.176. The lowest BCUT2D eigenvalue weighted by Gasteiger charge is -2.27. The van der Waals surface area contributed by atoms with E-state index in [0.29, 0.717) is 16.5 Å². The Morgan fingerprint density at radius 3 is 2.14 bits per heavy atom. The first-order valence-electron chi connectivity index (χ1n) is 6.91. The van der Waals surface area contributed by atoms with E-state index in [-0.39, 0.29) is 11.8 Å². The summed E-state index contributed by atoms with van der Waals surface area (Å²) in [6.07, 6.45) is 0.562. The first kappa shape index (κ1) is 15.1. The molecule has 22 heavy (non-hydrogen) atoms. The fourth-order valence-corrected chi connectivity index (χ4v) is 2.80. The van der Waals surface area contributed by atoms with Crippen molar-refractivity contribution < 1.29 is 4.79 Å². The average molecular weight is 333 g/mol. The highest BCUT2D eigenvalue weighted by molar-refractivity contribution is 6.31. The third-order valence-corrected chi connectivity index (χ3v) is 4.24. The monoisotopic (exact) mass is 332 g/mol. The maximum Gasteiger partial charge on any atom is 0.250 e. The van der Waals surface area contributed by atoms with E-state index < -0.39 is 0 Å². The molecule has 1 amide bonds. The van der Waals surface area contributed by atoms with Gasteiger partial charge >= 0.3 is 0 Å². The SMILES string of the molecule is CN1N=C(c2ccc(Cl)cc2)C[C@H](c2ccc(Cl)cc2)C1=O. The molecule has 0 saturated carbocycles. The third-order valence-electron chi connectivity index (χ3n) is 3.74. The van der Waals surface area contributed by atoms with Crippen LogP contribution in [-0.2, 0) is 4.79 Å². The Bertz CT molecular complexity index is 723. The average Bonchev–Trinajstić information content (AvgIpc) is 2.52. The second kappa shape index (κ2) is 6.11. The first-order valence-corrected chi connectivity index (χ1v) is 7.66. The van der Waals surface area contributed by atoms with Gasteiger partial charge in [-0.3, -0.25) is 4.79 Å². The molecule has 5 heteroatoms. The normalized spacial score (nSPS) is 18.3. The van der Waals surface area contributed by atoms with Gasteiger partial charge in [0.05, 0.1) is 11.6 Å². The quantitative estimate of drug-likeness (QED) is 0.804. The number of hydrogen-bond acceptors (Lipinski definition) is 2. The van der Waals surface area contributed by atoms with Crippen molar-refractivity contribution in [1.29, 1.82) is 0 Å². The molecule has 3 rings (SSSR count). The molecule has 1 atom stereocenters. The summed E-state index contributed by atoms with van der Waals surface area (Å²) in [6, 6.07) is 14.9. The Kier molecular flexibility index (Phi) is 4.19. The number of amides is 1. The summed E-state index contributed by atoms with van der Waals surface area (Å²) in [7, 11) is 1.68. The minimum Gasteiger partial charge on any atom is -0.272 e. The lowest BCUT2D eigenvalue weighted by molar-refractivity contribution is -0.132. The lowest BCUT2D eigenvalue weighted by Crippen LogP contribution is -2.35. The molecule has 0 aromatic heterocycles. The van der Waals surface area contributed by atoms with Crippen molar-refractivity contribution in [3.63, 3.8) is 0 Å². The van der Waals surface area contributed by atoms with Gasteiger partial charge in [-0.05, 0) is 35.4 Å². The second-order valence-corrected chi connectivity index (χ2v) is 6.10. The summed E-state index contributed by atoms with van der Waals surface area (Å²) in [5, 5.41) is 7.14. The number of hydrogen-bond donors (Lipinski definition) is 0. The van der Waals surface area contributed by atoms with E-state index in [1.54, 1.807) is 19.2 Å². The second-order valence-electron chi connectivity index (χ2n) is 5.22. The van der Waals surface area contributed by atoms with Gasteiger partial charge in [0.1, 0.15) is 0 Å². The molecule has 3 nitrogen and oxygen atoms in total. The van der Waals surface area contributed by atoms with E-state index in [0.717, 1.165) is 16.8 Å². The van der Waals surface area contributed by atoms with E-state index in [1.807, 2.05) is 36.4 Å². The predicted molar refractivity (Wildman–Crippen MR) is 89.6 cm³/mol. The molecule has 0 fully saturated rings. The van der Waals surface area contributed by atoms with Crippen molar-refractivity contribution in [3.8, 4) is 0 Å². The van der Waals surface area contributed by atoms with Gasteiger partial charge in [-0.25, -0.2) is 5.01 Å². The molecular formula is C17H14Cl2N2O. The molecule has 1 aliphatic rings. The highest BCUT2D eigenvalue weighted by Crippen LogP contribution is 2.29. The molecule has 112 valence electrons. The standard InChI is InChI=1S/C17H14Cl2N2O/c1-21-17(22)15(11-2-6-13(18)7-3-11)10-16(20-21)12-4-8-14(19)9-5-12/h2-9,15H,10H2,1H3/t15-/m1/s1. The van der Waals surface area contributed by atoms with Gasteiger partial charge in [-0.2, -0.15) is 5.10 Å². The van der Waals surface area contributed by atoms with Crippen LogP contribution in [0.1, 0.15) is 23.5 Å². The largest absolute Gasteiger partial charge is 0.272 e. The van der Waals surface area contributed by atoms with E-state index in [9.17, 15) is 4.79 Å². The van der Waals surface area contributed by atoms with Gasteiger partial charge in [0.15, 0.2) is 0 Å². The zero-order chi connectivity index (χ0) is 15.7. The van der Waals surface area contributed by atoms with Gasteiger partial charge in [0.25, 0.3) is 0 Å². The molecule has 1 heterocycles. The molecule has 2 aromatic rings. The molecule has 2 aromatic carbocycles. The maximum absolute atomic E-state index is 12.4. The van der Waals surface area contributed by atoms with Crippen LogP contribution in [0.4, 0.5) is 0 Å². The van der Waals surface area contributed by atoms with Gasteiger partial charge in [0.2, 0.25) is 5.91 Å². The van der Waals surface area contributed by atoms with Gasteiger partial charge in [-0.1, -0.05) is 47.5 Å². The summed E-state index contributed by atoms with van der Waals surface area (Å²) in [5.41, 5.74) is 2.80. The van der Waals surface area contributed by atoms with Crippen LogP contribution >= 0.6 is 23.2 Å². The van der Waals surface area contributed by atoms with Crippen LogP contribution in [0.25, 0.3) is 0 Å². The van der Waals surface area contributed by atoms with Gasteiger partial charge in [-0.15, -0.1) is 0 Å². The number of carbonyl (C=O) groups excluding carboxylic acids is 1. The van der Waals surface area contributed by atoms with Crippen LogP contribution in [0.5, 0.6) is 0 Å². The zero-order valence-electron chi connectivity index (χ0n) is 12.0. The van der Waals surface area contributed by atoms with Crippen molar-refractivity contribution in [3.05, 3.63) is 69.7 Å². The number of carbonyl (C=O) groups is 1. The summed E-state index contributed by atoms with van der Waals surface area (Å²) in [5.74, 6) is -0.259. The Morgan fingerprint density at radius 2 is 1.55 bits per heavy atom. The van der Waals surface area contributed by atoms with Crippen LogP contribution in [0.3, 0.4) is 0 Å². The fourth-order valence-electron chi connectivity index (χ4n) is 2.55. The van der Waals surface area contributed by atoms with Gasteiger partial charge < -0.3 is 0 Å². The molecule has 0 bridgehead atoms. The molecule has 0 spiro atoms. The lowest BCUT2D eigenvalue weighted by atomic mass is 9.89. The summed E-state index contributed by atoms with van der Waals surface area (Å²) in [6.45, 7) is 0. The van der Waals surface area contributed by atoms with Crippen molar-refractivity contribution in [1.82, 2.24) is 5.01 Å². The topological polar surface area (TPSA) is 32.7 Å². The Labute approximate surface area is 139 Å². The molecule has 0 radical (unpaired) electrons. The summed E-state index contributed by atoms with van der Waals surface area (Å²) >= 11 is 11.8. The molecule has 1 aliphatic heterocycles. The van der Waals surface area contributed by atoms with Crippen LogP contribution in [0, 0.1) is 0 Å². The van der Waals surface area contributed by atoms with Crippen molar-refractivity contribution >= 4 is 34.8 Å². The Morgan fingerprint density at radius 1 is 1.00 bits per heavy atom. The molecule has 0 saturated heterocycles. The summed E-state index contributed by atoms with van der Waals surface area (Å²) < 4.78 is 0. The van der Waals surface area contributed by atoms with E-state index >= 15 is 0 Å². The van der Waals surface area contributed by atoms with Crippen molar-refractivity contribution in [2.45, 2.75) is 12.3 Å². The number of halogens is 2. The Balaban J connectivity index is 1.94. The molecular weight excluding hydrogens is 319 g/mol. The zero-order valence-corrected chi connectivity index (χ0v) is 13.5. The number of benzene rings is 2. The highest BCUT2D eigenvalue weighted by Gasteiger charge is 2.30. The number of hydrazone groups is 1. The summed E-state index contributed by atoms with van der Waals surface area (Å²) in [4.78, 5) is 12.4. The van der Waals surface area contributed by atoms with Crippen molar-refractivity contribution in [2.24, 2.45) is 5.10 Å². The minimum absolute atomic E-state index is 0.0139. The van der Waals surface area contributed by atoms with Crippen LogP contribution in [0.15, 0.2) is 53.6 Å². The molecule has 0 N–H and O–H groups in total. The van der Waals surface area contributed by atoms with Crippen LogP contribution in [0.2, 0.25) is 10.0 Å². The van der Waals surface area contributed by atoms with E-state index in [1.165, 1.54) is 5.01 Å². The molecule has 0 aliphatic carbocycles. The first-order chi connectivity index (χ1) is 10.5. The number of rotatable bonds is 2. The highest BCUT2D eigenvalue weighted by atomic mass is 35.5. The minimum atomic E-state index is -0.245. The van der Waals surface area contributed by atoms with E-state index in [2.05, 4.69) is 5.10 Å². The number of nitrogens with zero attached hydrogens (tertiary/aromatic N) is 2. The van der Waals surface area contributed by atoms with Crippen LogP contribution < -0.4 is 0 Å². The smallest absolute Gasteiger partial charge is 0.250 e. The maximum atomic E-state index is 12.4. The van der Waals surface area contributed by atoms with Crippen LogP contribution in [-0.4, -0.2) is 23.7 Å². The Hall–Kier alpha value is -1.84. The van der Waals surface area contributed by atoms with Gasteiger partial charge in [0, 0.05) is 23.5 Å². The third kappa shape index (κ3) is 3.01. The number of likely N-dealkylation sites (N-methyl/N-ethyl adjacent to an activating group) is 1. The predicted octanol–water partition coefficient (Wildman–Crippen LogP) is 4.34. The van der Waals surface area contributed by atoms with Crippen molar-refractivity contribution in [2.75, 3.05) is 7.05 Å². The van der Waals surface area contributed by atoms with E-state index in [4.69, 9.17) is 23.2 Å².